The number of nitrogens with one attached hydrogen (secondary N) is 1. The Labute approximate surface area is 146 Å². The Kier molecular flexibility index (Phi) is 4.51. The van der Waals surface area contributed by atoms with Crippen molar-refractivity contribution < 1.29 is 22.7 Å². The van der Waals surface area contributed by atoms with Crippen molar-refractivity contribution in [2.45, 2.75) is 57.3 Å². The third-order valence-corrected chi connectivity index (χ3v) is 6.87. The lowest BCUT2D eigenvalue weighted by atomic mass is 9.49. The molecule has 4 bridgehead atoms. The summed E-state index contributed by atoms with van der Waals surface area (Å²) in [6.45, 7) is 2.34. The van der Waals surface area contributed by atoms with E-state index in [0.29, 0.717) is 12.0 Å². The molecule has 4 aliphatic carbocycles. The lowest BCUT2D eigenvalue weighted by molar-refractivity contribution is -0.214. The predicted molar refractivity (Wildman–Crippen MR) is 85.6 cm³/mol. The van der Waals surface area contributed by atoms with Gasteiger partial charge < -0.3 is 10.1 Å². The van der Waals surface area contributed by atoms with Crippen molar-refractivity contribution in [3.8, 4) is 0 Å². The summed E-state index contributed by atoms with van der Waals surface area (Å²) in [6, 6.07) is 0. The van der Waals surface area contributed by atoms with Gasteiger partial charge >= 0.3 is 12.1 Å². The topological polar surface area (TPSA) is 41.6 Å². The highest BCUT2D eigenvalue weighted by Gasteiger charge is 2.51. The fraction of sp³-hybridized carbons (Fsp3) is 0.944. The van der Waals surface area contributed by atoms with Gasteiger partial charge in [0.2, 0.25) is 0 Å². The van der Waals surface area contributed by atoms with E-state index in [2.05, 4.69) is 5.32 Å². The molecule has 5 rings (SSSR count). The van der Waals surface area contributed by atoms with Gasteiger partial charge in [0.15, 0.2) is 6.23 Å². The van der Waals surface area contributed by atoms with Gasteiger partial charge in [0, 0.05) is 26.2 Å². The quantitative estimate of drug-likeness (QED) is 0.783. The summed E-state index contributed by atoms with van der Waals surface area (Å²) >= 11 is 0. The summed E-state index contributed by atoms with van der Waals surface area (Å²) in [6.07, 6.45) is 3.32. The second-order valence-corrected chi connectivity index (χ2v) is 8.77. The number of hydrogen-bond donors (Lipinski definition) is 1. The van der Waals surface area contributed by atoms with Gasteiger partial charge in [0.1, 0.15) is 0 Å². The average molecular weight is 360 g/mol. The zero-order valence-electron chi connectivity index (χ0n) is 14.5. The van der Waals surface area contributed by atoms with E-state index in [1.807, 2.05) is 4.90 Å². The van der Waals surface area contributed by atoms with Crippen molar-refractivity contribution in [3.05, 3.63) is 0 Å². The number of piperazine rings is 1. The molecule has 0 aromatic rings. The normalized spacial score (nSPS) is 41.1. The van der Waals surface area contributed by atoms with Crippen molar-refractivity contribution in [2.24, 2.45) is 23.2 Å². The molecule has 1 N–H and O–H groups in total. The first-order valence-electron chi connectivity index (χ1n) is 9.56. The molecule has 1 saturated heterocycles. The highest BCUT2D eigenvalue weighted by Crippen LogP contribution is 2.61. The first-order chi connectivity index (χ1) is 11.8. The zero-order chi connectivity index (χ0) is 17.7. The first-order valence-corrected chi connectivity index (χ1v) is 9.56. The van der Waals surface area contributed by atoms with Crippen LogP contribution < -0.4 is 5.32 Å². The average Bonchev–Trinajstić information content (AvgIpc) is 2.52. The summed E-state index contributed by atoms with van der Waals surface area (Å²) < 4.78 is 42.3. The highest BCUT2D eigenvalue weighted by molar-refractivity contribution is 5.75. The number of ether oxygens (including phenoxy) is 1. The highest BCUT2D eigenvalue weighted by atomic mass is 19.4. The van der Waals surface area contributed by atoms with E-state index >= 15 is 0 Å². The second-order valence-electron chi connectivity index (χ2n) is 8.77. The van der Waals surface area contributed by atoms with Crippen LogP contribution in [0.2, 0.25) is 0 Å². The summed E-state index contributed by atoms with van der Waals surface area (Å²) in [5.41, 5.74) is 0.387. The molecule has 0 radical (unpaired) electrons. The minimum atomic E-state index is -4.93. The lowest BCUT2D eigenvalue weighted by Crippen LogP contribution is -2.55. The van der Waals surface area contributed by atoms with E-state index in [-0.39, 0.29) is 6.54 Å². The van der Waals surface area contributed by atoms with Crippen LogP contribution in [0.1, 0.15) is 44.9 Å². The van der Waals surface area contributed by atoms with Gasteiger partial charge in [-0.2, -0.15) is 13.2 Å². The summed E-state index contributed by atoms with van der Waals surface area (Å²) in [4.78, 5) is 13.1. The zero-order valence-corrected chi connectivity index (χ0v) is 14.5. The lowest BCUT2D eigenvalue weighted by Gasteiger charge is -2.57. The van der Waals surface area contributed by atoms with E-state index in [9.17, 15) is 18.0 Å². The Bertz CT molecular complexity index is 488. The van der Waals surface area contributed by atoms with Crippen LogP contribution in [-0.4, -0.2) is 49.5 Å². The van der Waals surface area contributed by atoms with Crippen LogP contribution in [0.4, 0.5) is 13.2 Å². The molecule has 0 amide bonds. The SMILES string of the molecule is O=C(OC1CNCCN1CCC12CC3CC(CC(C3)C1)C2)C(F)(F)F. The van der Waals surface area contributed by atoms with Crippen molar-refractivity contribution >= 4 is 5.97 Å². The number of carbonyl (C=O) groups excluding carboxylic acids is 1. The van der Waals surface area contributed by atoms with Gasteiger partial charge in [-0.15, -0.1) is 0 Å². The van der Waals surface area contributed by atoms with Crippen molar-refractivity contribution in [2.75, 3.05) is 26.2 Å². The van der Waals surface area contributed by atoms with E-state index in [1.165, 1.54) is 38.5 Å². The molecule has 1 atom stereocenters. The van der Waals surface area contributed by atoms with Crippen LogP contribution in [0, 0.1) is 23.2 Å². The Hall–Kier alpha value is -0.820. The van der Waals surface area contributed by atoms with E-state index in [0.717, 1.165) is 37.3 Å². The molecule has 0 spiro atoms. The second kappa shape index (κ2) is 6.41. The largest absolute Gasteiger partial charge is 0.490 e. The Morgan fingerprint density at radius 3 is 2.28 bits per heavy atom. The monoisotopic (exact) mass is 360 g/mol. The summed E-state index contributed by atoms with van der Waals surface area (Å²) in [5, 5.41) is 3.03. The summed E-state index contributed by atoms with van der Waals surface area (Å²) in [7, 11) is 0. The smallest absolute Gasteiger partial charge is 0.438 e. The molecular weight excluding hydrogens is 333 g/mol. The molecule has 1 aliphatic heterocycles. The van der Waals surface area contributed by atoms with Gasteiger partial charge in [-0.3, -0.25) is 4.90 Å². The summed E-state index contributed by atoms with van der Waals surface area (Å²) in [5.74, 6) is 0.524. The maximum absolute atomic E-state index is 12.5. The Morgan fingerprint density at radius 1 is 1.12 bits per heavy atom. The Balaban J connectivity index is 1.36. The fourth-order valence-electron chi connectivity index (χ4n) is 6.26. The fourth-order valence-corrected chi connectivity index (χ4v) is 6.26. The van der Waals surface area contributed by atoms with Crippen LogP contribution in [0.25, 0.3) is 0 Å². The number of halogens is 3. The number of rotatable bonds is 4. The van der Waals surface area contributed by atoms with Crippen LogP contribution in [0.3, 0.4) is 0 Å². The minimum absolute atomic E-state index is 0.267. The third kappa shape index (κ3) is 3.68. The number of esters is 1. The maximum atomic E-state index is 12.5. The molecule has 0 aromatic heterocycles. The van der Waals surface area contributed by atoms with Crippen LogP contribution in [0.15, 0.2) is 0 Å². The number of hydrogen-bond acceptors (Lipinski definition) is 4. The molecule has 1 heterocycles. The number of carbonyl (C=O) groups is 1. The molecular formula is C18H27F3N2O2. The molecule has 5 fully saturated rings. The number of alkyl halides is 3. The molecule has 4 nitrogen and oxygen atoms in total. The van der Waals surface area contributed by atoms with Gasteiger partial charge in [0.05, 0.1) is 0 Å². The van der Waals surface area contributed by atoms with Crippen molar-refractivity contribution in [1.29, 1.82) is 0 Å². The molecule has 7 heteroatoms. The van der Waals surface area contributed by atoms with Crippen molar-refractivity contribution in [3.63, 3.8) is 0 Å². The predicted octanol–water partition coefficient (Wildman–Crippen LogP) is 2.93. The van der Waals surface area contributed by atoms with Crippen LogP contribution in [0.5, 0.6) is 0 Å². The third-order valence-electron chi connectivity index (χ3n) is 6.87. The van der Waals surface area contributed by atoms with Crippen LogP contribution >= 0.6 is 0 Å². The standard InChI is InChI=1S/C18H27F3N2O2/c19-18(20,21)16(24)25-15-11-22-2-4-23(15)3-1-17-8-12-5-13(9-17)7-14(6-12)10-17/h12-15,22H,1-11H2. The molecule has 25 heavy (non-hydrogen) atoms. The van der Waals surface area contributed by atoms with Crippen LogP contribution in [-0.2, 0) is 9.53 Å². The van der Waals surface area contributed by atoms with E-state index in [4.69, 9.17) is 4.74 Å². The Morgan fingerprint density at radius 2 is 1.72 bits per heavy atom. The van der Waals surface area contributed by atoms with Gasteiger partial charge in [-0.05, 0) is 68.1 Å². The minimum Gasteiger partial charge on any atom is -0.438 e. The van der Waals surface area contributed by atoms with Gasteiger partial charge in [0.25, 0.3) is 0 Å². The van der Waals surface area contributed by atoms with E-state index in [1.54, 1.807) is 0 Å². The molecule has 5 aliphatic rings. The molecule has 1 unspecified atom stereocenters. The van der Waals surface area contributed by atoms with Gasteiger partial charge in [-0.1, -0.05) is 0 Å². The molecule has 4 saturated carbocycles. The maximum Gasteiger partial charge on any atom is 0.490 e. The van der Waals surface area contributed by atoms with E-state index < -0.39 is 18.4 Å². The van der Waals surface area contributed by atoms with Gasteiger partial charge in [-0.25, -0.2) is 4.79 Å². The molecule has 142 valence electrons. The van der Waals surface area contributed by atoms with Crippen molar-refractivity contribution in [1.82, 2.24) is 10.2 Å². The number of nitrogens with zero attached hydrogens (tertiary/aromatic N) is 1. The molecule has 0 aromatic carbocycles. The first kappa shape index (κ1) is 17.6.